The predicted octanol–water partition coefficient (Wildman–Crippen LogP) is 3.89. The van der Waals surface area contributed by atoms with Crippen LogP contribution < -0.4 is 0 Å². The number of amides is 1. The molecule has 1 aromatic carbocycles. The Balaban J connectivity index is 2.18. The highest BCUT2D eigenvalue weighted by atomic mass is 35.5. The van der Waals surface area contributed by atoms with Gasteiger partial charge in [0.1, 0.15) is 11.6 Å². The maximum atomic E-state index is 13.1. The molecule has 1 atom stereocenters. The van der Waals surface area contributed by atoms with Gasteiger partial charge in [-0.25, -0.2) is 4.79 Å². The van der Waals surface area contributed by atoms with Crippen molar-refractivity contribution in [2.24, 2.45) is 0 Å². The van der Waals surface area contributed by atoms with Gasteiger partial charge in [0.2, 0.25) is 0 Å². The van der Waals surface area contributed by atoms with E-state index in [4.69, 9.17) is 16.3 Å². The monoisotopic (exact) mass is 406 g/mol. The molecule has 27 heavy (non-hydrogen) atoms. The maximum absolute atomic E-state index is 13.1. The maximum Gasteiger partial charge on any atom is 0.452 e. The summed E-state index contributed by atoms with van der Waals surface area (Å²) in [5.41, 5.74) is -0.0627. The quantitative estimate of drug-likeness (QED) is 0.764. The summed E-state index contributed by atoms with van der Waals surface area (Å²) in [6, 6.07) is 5.30. The van der Waals surface area contributed by atoms with Crippen LogP contribution in [-0.2, 0) is 16.1 Å². The van der Waals surface area contributed by atoms with Crippen LogP contribution in [0.5, 0.6) is 0 Å². The molecule has 1 unspecified atom stereocenters. The van der Waals surface area contributed by atoms with E-state index in [0.29, 0.717) is 18.1 Å². The molecule has 0 radical (unpaired) electrons. The van der Waals surface area contributed by atoms with Crippen molar-refractivity contribution in [2.45, 2.75) is 45.1 Å². The van der Waals surface area contributed by atoms with Crippen LogP contribution >= 0.6 is 11.6 Å². The average Bonchev–Trinajstić information content (AvgIpc) is 2.51. The molecular weight excluding hydrogens is 385 g/mol. The van der Waals surface area contributed by atoms with Gasteiger partial charge in [-0.1, -0.05) is 23.7 Å². The summed E-state index contributed by atoms with van der Waals surface area (Å²) < 4.78 is 44.3. The number of Topliss-reactive ketones (excluding diaryl/α,β-unsaturated/α-hetero) is 1. The van der Waals surface area contributed by atoms with E-state index in [1.54, 1.807) is 49.9 Å². The Morgan fingerprint density at radius 1 is 1.22 bits per heavy atom. The van der Waals surface area contributed by atoms with Crippen molar-refractivity contribution >= 4 is 23.5 Å². The van der Waals surface area contributed by atoms with Crippen molar-refractivity contribution in [1.82, 2.24) is 9.80 Å². The van der Waals surface area contributed by atoms with Crippen molar-refractivity contribution in [1.29, 1.82) is 0 Å². The van der Waals surface area contributed by atoms with E-state index in [2.05, 4.69) is 0 Å². The van der Waals surface area contributed by atoms with E-state index in [1.807, 2.05) is 0 Å². The number of carbonyl (C=O) groups excluding carboxylic acids is 2. The lowest BCUT2D eigenvalue weighted by Gasteiger charge is -2.41. The van der Waals surface area contributed by atoms with Crippen LogP contribution in [0.2, 0.25) is 5.02 Å². The van der Waals surface area contributed by atoms with Gasteiger partial charge in [0, 0.05) is 31.2 Å². The van der Waals surface area contributed by atoms with Crippen molar-refractivity contribution in [3.8, 4) is 0 Å². The summed E-state index contributed by atoms with van der Waals surface area (Å²) in [6.45, 7) is 5.20. The van der Waals surface area contributed by atoms with Crippen LogP contribution in [0, 0.1) is 0 Å². The molecule has 9 heteroatoms. The number of ether oxygens (including phenoxy) is 1. The first-order valence-electron chi connectivity index (χ1n) is 8.44. The van der Waals surface area contributed by atoms with E-state index in [0.717, 1.165) is 10.5 Å². The molecule has 150 valence electrons. The number of hydrogen-bond donors (Lipinski definition) is 0. The molecule has 0 aromatic heterocycles. The van der Waals surface area contributed by atoms with Gasteiger partial charge in [-0.05, 0) is 38.5 Å². The van der Waals surface area contributed by atoms with E-state index < -0.39 is 29.7 Å². The minimum atomic E-state index is -5.04. The van der Waals surface area contributed by atoms with Crippen molar-refractivity contribution < 1.29 is 27.5 Å². The first kappa shape index (κ1) is 21.5. The van der Waals surface area contributed by atoms with Crippen LogP contribution in [0.4, 0.5) is 18.0 Å². The largest absolute Gasteiger partial charge is 0.452 e. The molecular formula is C18H22ClF3N2O3. The van der Waals surface area contributed by atoms with Gasteiger partial charge in [0.15, 0.2) is 0 Å². The minimum Gasteiger partial charge on any atom is -0.444 e. The number of benzene rings is 1. The molecule has 1 amide bonds. The number of rotatable bonds is 3. The third-order valence-electron chi connectivity index (χ3n) is 3.97. The summed E-state index contributed by atoms with van der Waals surface area (Å²) in [5.74, 6) is -1.95. The van der Waals surface area contributed by atoms with Gasteiger partial charge in [0.05, 0.1) is 0 Å². The number of halogens is 4. The third-order valence-corrected chi connectivity index (χ3v) is 4.20. The second kappa shape index (κ2) is 8.06. The summed E-state index contributed by atoms with van der Waals surface area (Å²) in [6.07, 6.45) is -5.96. The highest BCUT2D eigenvalue weighted by molar-refractivity contribution is 6.30. The molecule has 0 bridgehead atoms. The van der Waals surface area contributed by atoms with Gasteiger partial charge in [-0.2, -0.15) is 13.2 Å². The van der Waals surface area contributed by atoms with Crippen molar-refractivity contribution in [3.05, 3.63) is 34.9 Å². The number of piperazine rings is 1. The van der Waals surface area contributed by atoms with E-state index >= 15 is 0 Å². The molecule has 2 rings (SSSR count). The molecule has 5 nitrogen and oxygen atoms in total. The molecule has 0 saturated carbocycles. The number of ketones is 1. The predicted molar refractivity (Wildman–Crippen MR) is 94.5 cm³/mol. The van der Waals surface area contributed by atoms with Crippen molar-refractivity contribution in [2.75, 3.05) is 19.6 Å². The highest BCUT2D eigenvalue weighted by Gasteiger charge is 2.49. The van der Waals surface area contributed by atoms with Crippen LogP contribution in [0.3, 0.4) is 0 Å². The van der Waals surface area contributed by atoms with Crippen molar-refractivity contribution in [3.63, 3.8) is 0 Å². The molecule has 1 fully saturated rings. The fourth-order valence-corrected chi connectivity index (χ4v) is 3.04. The fourth-order valence-electron chi connectivity index (χ4n) is 2.83. The van der Waals surface area contributed by atoms with Gasteiger partial charge >= 0.3 is 12.3 Å². The highest BCUT2D eigenvalue weighted by Crippen LogP contribution is 2.25. The molecule has 0 spiro atoms. The van der Waals surface area contributed by atoms with Crippen LogP contribution in [0.1, 0.15) is 26.3 Å². The number of alkyl halides is 3. The van der Waals surface area contributed by atoms with E-state index in [-0.39, 0.29) is 13.1 Å². The molecule has 1 saturated heterocycles. The topological polar surface area (TPSA) is 49.9 Å². The first-order chi connectivity index (χ1) is 12.4. The SMILES string of the molecule is CC(C)(C)OC(=O)N1CCN(Cc2cccc(Cl)c2)CC1C(=O)C(F)(F)F. The zero-order chi connectivity index (χ0) is 20.4. The van der Waals surface area contributed by atoms with Gasteiger partial charge in [-0.3, -0.25) is 14.6 Å². The Hall–Kier alpha value is -1.80. The lowest BCUT2D eigenvalue weighted by atomic mass is 10.1. The third kappa shape index (κ3) is 6.10. The molecule has 1 aromatic rings. The standard InChI is InChI=1S/C18H22ClF3N2O3/c1-17(2,3)27-16(26)24-8-7-23(10-12-5-4-6-13(19)9-12)11-14(24)15(25)18(20,21)22/h4-6,9,14H,7-8,10-11H2,1-3H3. The van der Waals surface area contributed by atoms with Gasteiger partial charge in [-0.15, -0.1) is 0 Å². The Bertz CT molecular complexity index is 704. The zero-order valence-corrected chi connectivity index (χ0v) is 16.1. The number of carbonyl (C=O) groups is 2. The summed E-state index contributed by atoms with van der Waals surface area (Å²) in [7, 11) is 0. The molecule has 1 aliphatic heterocycles. The minimum absolute atomic E-state index is 0.0397. The normalized spacial score (nSPS) is 19.1. The van der Waals surface area contributed by atoms with Crippen LogP contribution in [0.15, 0.2) is 24.3 Å². The Morgan fingerprint density at radius 3 is 2.44 bits per heavy atom. The lowest BCUT2D eigenvalue weighted by molar-refractivity contribution is -0.178. The smallest absolute Gasteiger partial charge is 0.444 e. The van der Waals surface area contributed by atoms with Gasteiger partial charge < -0.3 is 4.74 Å². The Labute approximate surface area is 161 Å². The number of hydrogen-bond acceptors (Lipinski definition) is 4. The van der Waals surface area contributed by atoms with Crippen LogP contribution in [0.25, 0.3) is 0 Å². The lowest BCUT2D eigenvalue weighted by Crippen LogP contribution is -2.60. The summed E-state index contributed by atoms with van der Waals surface area (Å²) in [5, 5.41) is 0.516. The first-order valence-corrected chi connectivity index (χ1v) is 8.82. The molecule has 0 aliphatic carbocycles. The Kier molecular flexibility index (Phi) is 6.42. The second-order valence-corrected chi connectivity index (χ2v) is 7.85. The summed E-state index contributed by atoms with van der Waals surface area (Å²) >= 11 is 5.94. The summed E-state index contributed by atoms with van der Waals surface area (Å²) in [4.78, 5) is 26.8. The van der Waals surface area contributed by atoms with E-state index in [1.165, 1.54) is 0 Å². The van der Waals surface area contributed by atoms with Crippen LogP contribution in [-0.4, -0.2) is 59.1 Å². The second-order valence-electron chi connectivity index (χ2n) is 7.42. The van der Waals surface area contributed by atoms with E-state index in [9.17, 15) is 22.8 Å². The zero-order valence-electron chi connectivity index (χ0n) is 15.3. The fraction of sp³-hybridized carbons (Fsp3) is 0.556. The average molecular weight is 407 g/mol. The molecule has 1 heterocycles. The van der Waals surface area contributed by atoms with Gasteiger partial charge in [0.25, 0.3) is 5.78 Å². The molecule has 1 aliphatic rings. The molecule has 0 N–H and O–H groups in total. The Morgan fingerprint density at radius 2 is 1.89 bits per heavy atom. The number of nitrogens with zero attached hydrogens (tertiary/aromatic N) is 2.